The van der Waals surface area contributed by atoms with E-state index < -0.39 is 15.4 Å². The summed E-state index contributed by atoms with van der Waals surface area (Å²) in [6.07, 6.45) is 6.05. The Morgan fingerprint density at radius 2 is 1.91 bits per heavy atom. The van der Waals surface area contributed by atoms with Crippen LogP contribution in [0.4, 0.5) is 4.79 Å². The molecule has 6 nitrogen and oxygen atoms in total. The summed E-state index contributed by atoms with van der Waals surface area (Å²) in [7, 11) is -2.85. The zero-order valence-electron chi connectivity index (χ0n) is 13.7. The fraction of sp³-hybridized carbons (Fsp3) is 0.938. The molecule has 2 heterocycles. The number of likely N-dealkylation sites (tertiary alicyclic amines) is 1. The zero-order chi connectivity index (χ0) is 16.5. The number of aliphatic hydroxyl groups is 1. The van der Waals surface area contributed by atoms with Crippen LogP contribution < -0.4 is 5.32 Å². The molecule has 3 rings (SSSR count). The van der Waals surface area contributed by atoms with Crippen molar-refractivity contribution in [2.45, 2.75) is 50.5 Å². The minimum absolute atomic E-state index is 0.0638. The number of nitrogens with one attached hydrogen (secondary N) is 1. The first-order valence-corrected chi connectivity index (χ1v) is 10.7. The maximum Gasteiger partial charge on any atom is 0.317 e. The molecule has 0 radical (unpaired) electrons. The normalized spacial score (nSPS) is 34.7. The highest BCUT2D eigenvalue weighted by molar-refractivity contribution is 7.91. The number of piperidine rings is 1. The van der Waals surface area contributed by atoms with E-state index in [4.69, 9.17) is 0 Å². The van der Waals surface area contributed by atoms with Crippen molar-refractivity contribution in [1.29, 1.82) is 0 Å². The predicted molar refractivity (Wildman–Crippen MR) is 87.9 cm³/mol. The van der Waals surface area contributed by atoms with E-state index in [-0.39, 0.29) is 29.4 Å². The Kier molecular flexibility index (Phi) is 4.88. The summed E-state index contributed by atoms with van der Waals surface area (Å²) in [5.41, 5.74) is -0.563. The second kappa shape index (κ2) is 6.59. The number of carbonyl (C=O) groups excluding carboxylic acids is 1. The van der Waals surface area contributed by atoms with Gasteiger partial charge in [0.1, 0.15) is 9.84 Å². The molecule has 132 valence electrons. The lowest BCUT2D eigenvalue weighted by Crippen LogP contribution is -2.56. The van der Waals surface area contributed by atoms with E-state index >= 15 is 0 Å². The molecule has 7 heteroatoms. The molecule has 0 unspecified atom stereocenters. The van der Waals surface area contributed by atoms with Crippen molar-refractivity contribution < 1.29 is 18.3 Å². The number of nitrogens with zero attached hydrogens (tertiary/aromatic N) is 1. The van der Waals surface area contributed by atoms with Gasteiger partial charge in [-0.3, -0.25) is 0 Å². The van der Waals surface area contributed by atoms with E-state index in [9.17, 15) is 18.3 Å². The first-order chi connectivity index (χ1) is 10.9. The number of sulfone groups is 1. The van der Waals surface area contributed by atoms with E-state index in [1.54, 1.807) is 0 Å². The Hall–Kier alpha value is -0.820. The van der Waals surface area contributed by atoms with Crippen molar-refractivity contribution in [3.05, 3.63) is 0 Å². The van der Waals surface area contributed by atoms with Crippen LogP contribution in [0.25, 0.3) is 0 Å². The molecule has 3 fully saturated rings. The molecule has 23 heavy (non-hydrogen) atoms. The molecule has 0 aromatic heterocycles. The van der Waals surface area contributed by atoms with Crippen LogP contribution >= 0.6 is 0 Å². The Morgan fingerprint density at radius 3 is 2.65 bits per heavy atom. The maximum absolute atomic E-state index is 12.4. The molecule has 2 N–H and O–H groups in total. The van der Waals surface area contributed by atoms with Crippen LogP contribution in [0.1, 0.15) is 44.9 Å². The van der Waals surface area contributed by atoms with E-state index in [1.807, 2.05) is 4.90 Å². The van der Waals surface area contributed by atoms with Gasteiger partial charge in [0.25, 0.3) is 0 Å². The summed E-state index contributed by atoms with van der Waals surface area (Å²) < 4.78 is 22.9. The lowest BCUT2D eigenvalue weighted by molar-refractivity contribution is -0.0870. The van der Waals surface area contributed by atoms with Crippen molar-refractivity contribution in [2.24, 2.45) is 11.8 Å². The number of hydrogen-bond donors (Lipinski definition) is 2. The van der Waals surface area contributed by atoms with Crippen LogP contribution in [0.15, 0.2) is 0 Å². The number of rotatable bonds is 2. The number of fused-ring (bicyclic) bond motifs is 1. The summed E-state index contributed by atoms with van der Waals surface area (Å²) in [5, 5.41) is 13.6. The Labute approximate surface area is 138 Å². The third-order valence-corrected chi connectivity index (χ3v) is 7.65. The lowest BCUT2D eigenvalue weighted by atomic mass is 9.71. The first-order valence-electron chi connectivity index (χ1n) is 8.84. The molecule has 2 amide bonds. The van der Waals surface area contributed by atoms with Crippen LogP contribution in [-0.2, 0) is 9.84 Å². The van der Waals surface area contributed by atoms with E-state index in [0.717, 1.165) is 25.7 Å². The van der Waals surface area contributed by atoms with Crippen LogP contribution in [0, 0.1) is 11.8 Å². The number of urea groups is 1. The topological polar surface area (TPSA) is 86.7 Å². The molecule has 0 aromatic carbocycles. The number of hydrogen-bond acceptors (Lipinski definition) is 4. The van der Waals surface area contributed by atoms with Crippen LogP contribution in [0.5, 0.6) is 0 Å². The maximum atomic E-state index is 12.4. The molecule has 3 aliphatic rings. The molecule has 2 aliphatic heterocycles. The Bertz CT molecular complexity index is 536. The predicted octanol–water partition coefficient (Wildman–Crippen LogP) is 1.15. The molecule has 1 saturated carbocycles. The highest BCUT2D eigenvalue weighted by Crippen LogP contribution is 2.39. The highest BCUT2D eigenvalue weighted by atomic mass is 32.2. The van der Waals surface area contributed by atoms with Gasteiger partial charge in [-0.25, -0.2) is 13.2 Å². The van der Waals surface area contributed by atoms with Crippen molar-refractivity contribution in [1.82, 2.24) is 10.2 Å². The second-order valence-electron chi connectivity index (χ2n) is 7.52. The van der Waals surface area contributed by atoms with Crippen molar-refractivity contribution >= 4 is 15.9 Å². The molecule has 0 spiro atoms. The molecular formula is C16H28N2O4S. The molecule has 0 bridgehead atoms. The average Bonchev–Trinajstić information content (AvgIpc) is 2.52. The lowest BCUT2D eigenvalue weighted by Gasteiger charge is -2.47. The van der Waals surface area contributed by atoms with Gasteiger partial charge in [0.05, 0.1) is 17.1 Å². The van der Waals surface area contributed by atoms with Gasteiger partial charge in [0.15, 0.2) is 0 Å². The Balaban J connectivity index is 1.46. The highest BCUT2D eigenvalue weighted by Gasteiger charge is 2.43. The van der Waals surface area contributed by atoms with Crippen LogP contribution in [0.2, 0.25) is 0 Å². The fourth-order valence-electron chi connectivity index (χ4n) is 4.24. The molecular weight excluding hydrogens is 316 g/mol. The SMILES string of the molecule is O=C(NCC1CCS(=O)(=O)CC1)N1CC[C@]2(O)CCCC[C@@H]2C1. The van der Waals surface area contributed by atoms with Crippen LogP contribution in [-0.4, -0.2) is 61.2 Å². The minimum Gasteiger partial charge on any atom is -0.389 e. The molecule has 2 atom stereocenters. The van der Waals surface area contributed by atoms with Crippen molar-refractivity contribution in [2.75, 3.05) is 31.1 Å². The third-order valence-electron chi connectivity index (χ3n) is 5.93. The third kappa shape index (κ3) is 3.99. The average molecular weight is 344 g/mol. The summed E-state index contributed by atoms with van der Waals surface area (Å²) in [6.45, 7) is 1.80. The quantitative estimate of drug-likeness (QED) is 0.787. The van der Waals surface area contributed by atoms with Gasteiger partial charge >= 0.3 is 6.03 Å². The minimum atomic E-state index is -2.85. The van der Waals surface area contributed by atoms with Gasteiger partial charge in [0, 0.05) is 25.6 Å². The number of carbonyl (C=O) groups is 1. The summed E-state index contributed by atoms with van der Waals surface area (Å²) >= 11 is 0. The summed E-state index contributed by atoms with van der Waals surface area (Å²) in [6, 6.07) is -0.0638. The fourth-order valence-corrected chi connectivity index (χ4v) is 5.83. The van der Waals surface area contributed by atoms with Crippen LogP contribution in [0.3, 0.4) is 0 Å². The largest absolute Gasteiger partial charge is 0.389 e. The van der Waals surface area contributed by atoms with E-state index in [2.05, 4.69) is 5.32 Å². The second-order valence-corrected chi connectivity index (χ2v) is 9.83. The monoisotopic (exact) mass is 344 g/mol. The molecule has 1 aliphatic carbocycles. The van der Waals surface area contributed by atoms with Gasteiger partial charge in [-0.15, -0.1) is 0 Å². The van der Waals surface area contributed by atoms with Gasteiger partial charge in [-0.05, 0) is 38.0 Å². The van der Waals surface area contributed by atoms with Crippen molar-refractivity contribution in [3.63, 3.8) is 0 Å². The van der Waals surface area contributed by atoms with Crippen molar-refractivity contribution in [3.8, 4) is 0 Å². The Morgan fingerprint density at radius 1 is 1.17 bits per heavy atom. The van der Waals surface area contributed by atoms with Gasteiger partial charge in [-0.2, -0.15) is 0 Å². The smallest absolute Gasteiger partial charge is 0.317 e. The molecule has 0 aromatic rings. The summed E-state index contributed by atoms with van der Waals surface area (Å²) in [5.74, 6) is 0.952. The van der Waals surface area contributed by atoms with E-state index in [1.165, 1.54) is 0 Å². The van der Waals surface area contributed by atoms with Gasteiger partial charge < -0.3 is 15.3 Å². The zero-order valence-corrected chi connectivity index (χ0v) is 14.5. The molecule has 2 saturated heterocycles. The van der Waals surface area contributed by atoms with Gasteiger partial charge in [-0.1, -0.05) is 12.8 Å². The first kappa shape index (κ1) is 17.0. The number of amides is 2. The summed E-state index contributed by atoms with van der Waals surface area (Å²) in [4.78, 5) is 14.2. The standard InChI is InChI=1S/C16H28N2O4S/c19-15(17-11-13-4-9-23(21,22)10-5-13)18-8-7-16(20)6-2-1-3-14(16)12-18/h13-14,20H,1-12H2,(H,17,19)/t14-,16-/m1/s1. The van der Waals surface area contributed by atoms with E-state index in [0.29, 0.717) is 38.9 Å². The van der Waals surface area contributed by atoms with Gasteiger partial charge in [0.2, 0.25) is 0 Å².